The first-order chi connectivity index (χ1) is 9.76. The molecule has 0 amide bonds. The van der Waals surface area contributed by atoms with Crippen molar-refractivity contribution in [3.05, 3.63) is 35.9 Å². The molecule has 1 rings (SSSR count). The number of ether oxygens (including phenoxy) is 1. The van der Waals surface area contributed by atoms with E-state index in [2.05, 4.69) is 0 Å². The minimum Gasteiger partial charge on any atom is -0.460 e. The molecule has 0 saturated carbocycles. The molecule has 116 valence electrons. The zero-order valence-corrected chi connectivity index (χ0v) is 13.0. The van der Waals surface area contributed by atoms with Crippen molar-refractivity contribution in [1.82, 2.24) is 0 Å². The lowest BCUT2D eigenvalue weighted by molar-refractivity contribution is -0.156. The molecule has 0 aromatic heterocycles. The highest BCUT2D eigenvalue weighted by Gasteiger charge is 2.20. The van der Waals surface area contributed by atoms with Crippen molar-refractivity contribution < 1.29 is 19.4 Å². The van der Waals surface area contributed by atoms with Crippen molar-refractivity contribution in [2.24, 2.45) is 0 Å². The van der Waals surface area contributed by atoms with Crippen LogP contribution in [0.15, 0.2) is 30.3 Å². The molecule has 1 atom stereocenters. The highest BCUT2D eigenvalue weighted by molar-refractivity contribution is 5.95. The molecule has 21 heavy (non-hydrogen) atoms. The van der Waals surface area contributed by atoms with Crippen LogP contribution in [0.25, 0.3) is 0 Å². The fraction of sp³-hybridized carbons (Fsp3) is 0.529. The Morgan fingerprint density at radius 1 is 1.19 bits per heavy atom. The molecule has 1 unspecified atom stereocenters. The topological polar surface area (TPSA) is 63.6 Å². The summed E-state index contributed by atoms with van der Waals surface area (Å²) in [5.74, 6) is -0.826. The van der Waals surface area contributed by atoms with Crippen LogP contribution in [-0.4, -0.2) is 28.6 Å². The molecule has 4 nitrogen and oxygen atoms in total. The van der Waals surface area contributed by atoms with Crippen LogP contribution in [0.3, 0.4) is 0 Å². The fourth-order valence-electron chi connectivity index (χ4n) is 1.95. The molecule has 1 aromatic rings. The maximum absolute atomic E-state index is 11.7. The highest BCUT2D eigenvalue weighted by atomic mass is 16.6. The Kier molecular flexibility index (Phi) is 6.56. The van der Waals surface area contributed by atoms with Gasteiger partial charge in [-0.1, -0.05) is 30.3 Å². The second-order valence-electron chi connectivity index (χ2n) is 6.18. The van der Waals surface area contributed by atoms with Gasteiger partial charge in [-0.3, -0.25) is 9.59 Å². The van der Waals surface area contributed by atoms with E-state index in [1.807, 2.05) is 30.3 Å². The number of aryl methyl sites for hydroxylation is 1. The number of benzene rings is 1. The van der Waals surface area contributed by atoms with E-state index < -0.39 is 17.7 Å². The number of Topliss-reactive ketones (excluding diaryl/α,β-unsaturated/α-hetero) is 1. The van der Waals surface area contributed by atoms with E-state index in [0.717, 1.165) is 5.56 Å². The number of rotatable bonds is 7. The van der Waals surface area contributed by atoms with E-state index in [0.29, 0.717) is 12.8 Å². The van der Waals surface area contributed by atoms with Gasteiger partial charge in [-0.15, -0.1) is 0 Å². The van der Waals surface area contributed by atoms with E-state index in [-0.39, 0.29) is 18.6 Å². The second-order valence-corrected chi connectivity index (χ2v) is 6.18. The normalized spacial score (nSPS) is 12.8. The summed E-state index contributed by atoms with van der Waals surface area (Å²) < 4.78 is 5.08. The van der Waals surface area contributed by atoms with Crippen LogP contribution in [0.1, 0.15) is 45.6 Å². The maximum atomic E-state index is 11.7. The number of ketones is 1. The lowest BCUT2D eigenvalue weighted by atomic mass is 10.0. The standard InChI is InChI=1S/C17H24O4/c1-17(2,3)21-16(20)12-15(19)11-14(18)10-9-13-7-5-4-6-8-13/h4-8,14,18H,9-12H2,1-3H3. The van der Waals surface area contributed by atoms with Crippen molar-refractivity contribution in [3.8, 4) is 0 Å². The molecule has 1 aromatic carbocycles. The van der Waals surface area contributed by atoms with E-state index >= 15 is 0 Å². The van der Waals surface area contributed by atoms with Gasteiger partial charge in [-0.25, -0.2) is 0 Å². The average molecular weight is 292 g/mol. The SMILES string of the molecule is CC(C)(C)OC(=O)CC(=O)CC(O)CCc1ccccc1. The third kappa shape index (κ3) is 8.25. The van der Waals surface area contributed by atoms with Crippen LogP contribution in [0, 0.1) is 0 Å². The molecular formula is C17H24O4. The summed E-state index contributed by atoms with van der Waals surface area (Å²) in [5.41, 5.74) is 0.527. The molecule has 0 saturated heterocycles. The molecule has 0 heterocycles. The van der Waals surface area contributed by atoms with Gasteiger partial charge >= 0.3 is 5.97 Å². The van der Waals surface area contributed by atoms with Crippen molar-refractivity contribution in [3.63, 3.8) is 0 Å². The Bertz CT molecular complexity index is 459. The fourth-order valence-corrected chi connectivity index (χ4v) is 1.95. The van der Waals surface area contributed by atoms with E-state index in [9.17, 15) is 14.7 Å². The molecule has 0 fully saturated rings. The Labute approximate surface area is 126 Å². The second kappa shape index (κ2) is 7.93. The molecule has 0 radical (unpaired) electrons. The van der Waals surface area contributed by atoms with Crippen molar-refractivity contribution in [2.75, 3.05) is 0 Å². The lowest BCUT2D eigenvalue weighted by Crippen LogP contribution is -2.26. The quantitative estimate of drug-likeness (QED) is 0.620. The van der Waals surface area contributed by atoms with Gasteiger partial charge in [0.1, 0.15) is 17.8 Å². The number of hydrogen-bond acceptors (Lipinski definition) is 4. The Balaban J connectivity index is 2.29. The summed E-state index contributed by atoms with van der Waals surface area (Å²) in [5, 5.41) is 9.85. The summed E-state index contributed by atoms with van der Waals surface area (Å²) in [6, 6.07) is 9.78. The van der Waals surface area contributed by atoms with Crippen LogP contribution in [0.2, 0.25) is 0 Å². The summed E-state index contributed by atoms with van der Waals surface area (Å²) in [6.45, 7) is 5.26. The number of esters is 1. The zero-order chi connectivity index (χ0) is 15.9. The largest absolute Gasteiger partial charge is 0.460 e. The van der Waals surface area contributed by atoms with Crippen molar-refractivity contribution in [2.45, 2.75) is 58.2 Å². The minimum atomic E-state index is -0.722. The van der Waals surface area contributed by atoms with Crippen LogP contribution in [0.5, 0.6) is 0 Å². The Morgan fingerprint density at radius 3 is 2.38 bits per heavy atom. The van der Waals surface area contributed by atoms with Gasteiger partial charge < -0.3 is 9.84 Å². The predicted octanol–water partition coefficient (Wildman–Crippen LogP) is 2.67. The van der Waals surface area contributed by atoms with Crippen LogP contribution in [0.4, 0.5) is 0 Å². The van der Waals surface area contributed by atoms with Gasteiger partial charge in [0, 0.05) is 6.42 Å². The Morgan fingerprint density at radius 2 is 1.81 bits per heavy atom. The molecule has 4 heteroatoms. The predicted molar refractivity (Wildman–Crippen MR) is 80.9 cm³/mol. The molecule has 0 aliphatic carbocycles. The lowest BCUT2D eigenvalue weighted by Gasteiger charge is -2.19. The number of carbonyl (C=O) groups excluding carboxylic acids is 2. The number of aliphatic hydroxyl groups excluding tert-OH is 1. The minimum absolute atomic E-state index is 0.00786. The van der Waals surface area contributed by atoms with Gasteiger partial charge in [0.25, 0.3) is 0 Å². The van der Waals surface area contributed by atoms with Gasteiger partial charge in [0.2, 0.25) is 0 Å². The number of hydrogen-bond donors (Lipinski definition) is 1. The van der Waals surface area contributed by atoms with Crippen LogP contribution in [-0.2, 0) is 20.7 Å². The number of aliphatic hydroxyl groups is 1. The summed E-state index contributed by atoms with van der Waals surface area (Å²) in [6.07, 6.45) is 0.206. The first-order valence-electron chi connectivity index (χ1n) is 7.22. The molecule has 0 aliphatic heterocycles. The van der Waals surface area contributed by atoms with E-state index in [1.54, 1.807) is 20.8 Å². The zero-order valence-electron chi connectivity index (χ0n) is 13.0. The average Bonchev–Trinajstić information content (AvgIpc) is 2.35. The van der Waals surface area contributed by atoms with Gasteiger partial charge in [-0.05, 0) is 39.2 Å². The van der Waals surface area contributed by atoms with Gasteiger partial charge in [-0.2, -0.15) is 0 Å². The number of carbonyl (C=O) groups is 2. The molecule has 0 bridgehead atoms. The van der Waals surface area contributed by atoms with E-state index in [1.165, 1.54) is 0 Å². The van der Waals surface area contributed by atoms with Gasteiger partial charge in [0.15, 0.2) is 0 Å². The van der Waals surface area contributed by atoms with Crippen molar-refractivity contribution in [1.29, 1.82) is 0 Å². The summed E-state index contributed by atoms with van der Waals surface area (Å²) in [7, 11) is 0. The third-order valence-corrected chi connectivity index (χ3v) is 2.83. The Hall–Kier alpha value is -1.68. The smallest absolute Gasteiger partial charge is 0.313 e. The molecular weight excluding hydrogens is 268 g/mol. The molecule has 0 aliphatic rings. The van der Waals surface area contributed by atoms with Crippen LogP contribution < -0.4 is 0 Å². The third-order valence-electron chi connectivity index (χ3n) is 2.83. The monoisotopic (exact) mass is 292 g/mol. The summed E-state index contributed by atoms with van der Waals surface area (Å²) >= 11 is 0. The molecule has 1 N–H and O–H groups in total. The first-order valence-corrected chi connectivity index (χ1v) is 7.22. The summed E-state index contributed by atoms with van der Waals surface area (Å²) in [4.78, 5) is 23.2. The van der Waals surface area contributed by atoms with Gasteiger partial charge in [0.05, 0.1) is 6.10 Å². The van der Waals surface area contributed by atoms with Crippen LogP contribution >= 0.6 is 0 Å². The maximum Gasteiger partial charge on any atom is 0.313 e. The molecule has 0 spiro atoms. The van der Waals surface area contributed by atoms with E-state index in [4.69, 9.17) is 4.74 Å². The highest BCUT2D eigenvalue weighted by Crippen LogP contribution is 2.11. The first kappa shape index (κ1) is 17.4. The van der Waals surface area contributed by atoms with Crippen molar-refractivity contribution >= 4 is 11.8 Å².